The number of nitrogens with one attached hydrogen (secondary N) is 1. The Bertz CT molecular complexity index is 1120. The lowest BCUT2D eigenvalue weighted by molar-refractivity contribution is -0.116. The second-order valence-electron chi connectivity index (χ2n) is 6.52. The normalized spacial score (nSPS) is 10.7. The van der Waals surface area contributed by atoms with Crippen LogP contribution in [0.25, 0.3) is 0 Å². The van der Waals surface area contributed by atoms with Gasteiger partial charge in [0, 0.05) is 11.3 Å². The number of carbonyl (C=O) groups excluding carboxylic acids is 1. The molecule has 1 N–H and O–H groups in total. The van der Waals surface area contributed by atoms with E-state index in [1.165, 1.54) is 23.0 Å². The number of carbonyl (C=O) groups is 1. The lowest BCUT2D eigenvalue weighted by atomic mass is 10.2. The van der Waals surface area contributed by atoms with Gasteiger partial charge in [0.2, 0.25) is 5.91 Å². The standard InChI is InChI=1S/C20H20FN5O3/c1-11-12(2)22-10-26(19(11)28)9-17(27)25-18-13(3)23-20(24-14(18)4)29-16-8-6-5-7-15(16)21/h5-8,10H,9H2,1-4H3,(H,25,27). The van der Waals surface area contributed by atoms with Gasteiger partial charge in [0.15, 0.2) is 11.6 Å². The van der Waals surface area contributed by atoms with Crippen molar-refractivity contribution in [2.24, 2.45) is 0 Å². The lowest BCUT2D eigenvalue weighted by Crippen LogP contribution is -2.30. The Labute approximate surface area is 166 Å². The van der Waals surface area contributed by atoms with Gasteiger partial charge in [0.05, 0.1) is 23.4 Å². The van der Waals surface area contributed by atoms with Crippen LogP contribution in [0.1, 0.15) is 22.6 Å². The highest BCUT2D eigenvalue weighted by molar-refractivity contribution is 5.91. The molecule has 1 amide bonds. The molecule has 29 heavy (non-hydrogen) atoms. The van der Waals surface area contributed by atoms with Gasteiger partial charge in [0.1, 0.15) is 6.54 Å². The molecule has 150 valence electrons. The third-order valence-electron chi connectivity index (χ3n) is 4.38. The summed E-state index contributed by atoms with van der Waals surface area (Å²) in [6, 6.07) is 5.89. The zero-order valence-corrected chi connectivity index (χ0v) is 16.5. The van der Waals surface area contributed by atoms with Crippen LogP contribution in [0.2, 0.25) is 0 Å². The number of amides is 1. The number of anilines is 1. The topological polar surface area (TPSA) is 99.0 Å². The largest absolute Gasteiger partial charge is 0.421 e. The van der Waals surface area contributed by atoms with Crippen molar-refractivity contribution in [3.63, 3.8) is 0 Å². The maximum absolute atomic E-state index is 13.8. The molecule has 3 aromatic rings. The molecule has 8 nitrogen and oxygen atoms in total. The molecule has 0 aliphatic heterocycles. The van der Waals surface area contributed by atoms with Crippen LogP contribution >= 0.6 is 0 Å². The lowest BCUT2D eigenvalue weighted by Gasteiger charge is -2.13. The number of nitrogens with zero attached hydrogens (tertiary/aromatic N) is 4. The summed E-state index contributed by atoms with van der Waals surface area (Å²) in [7, 11) is 0. The van der Waals surface area contributed by atoms with E-state index in [9.17, 15) is 14.0 Å². The number of hydrogen-bond acceptors (Lipinski definition) is 6. The minimum absolute atomic E-state index is 0.00435. The summed E-state index contributed by atoms with van der Waals surface area (Å²) in [6.07, 6.45) is 1.34. The maximum atomic E-state index is 13.8. The van der Waals surface area contributed by atoms with E-state index in [1.54, 1.807) is 39.8 Å². The number of para-hydroxylation sites is 1. The number of halogens is 1. The average Bonchev–Trinajstić information content (AvgIpc) is 2.67. The van der Waals surface area contributed by atoms with Gasteiger partial charge in [-0.25, -0.2) is 9.37 Å². The number of aromatic nitrogens is 4. The summed E-state index contributed by atoms with van der Waals surface area (Å²) < 4.78 is 20.4. The minimum atomic E-state index is -0.531. The highest BCUT2D eigenvalue weighted by atomic mass is 19.1. The van der Waals surface area contributed by atoms with E-state index in [0.717, 1.165) is 0 Å². The summed E-state index contributed by atoms with van der Waals surface area (Å²) in [5.74, 6) is -0.948. The molecule has 0 aliphatic rings. The monoisotopic (exact) mass is 397 g/mol. The minimum Gasteiger partial charge on any atom is -0.421 e. The number of ether oxygens (including phenoxy) is 1. The van der Waals surface area contributed by atoms with Gasteiger partial charge in [0.25, 0.3) is 5.56 Å². The Kier molecular flexibility index (Phi) is 5.67. The van der Waals surface area contributed by atoms with Crippen LogP contribution < -0.4 is 15.6 Å². The molecule has 0 atom stereocenters. The van der Waals surface area contributed by atoms with Gasteiger partial charge in [-0.2, -0.15) is 9.97 Å². The third-order valence-corrected chi connectivity index (χ3v) is 4.38. The highest BCUT2D eigenvalue weighted by Crippen LogP contribution is 2.25. The number of aryl methyl sites for hydroxylation is 3. The molecule has 0 spiro atoms. The first kappa shape index (κ1) is 20.1. The second kappa shape index (κ2) is 8.17. The van der Waals surface area contributed by atoms with Crippen molar-refractivity contribution in [1.29, 1.82) is 0 Å². The molecular weight excluding hydrogens is 377 g/mol. The maximum Gasteiger partial charge on any atom is 0.322 e. The molecule has 0 radical (unpaired) electrons. The summed E-state index contributed by atoms with van der Waals surface area (Å²) >= 11 is 0. The fraction of sp³-hybridized carbons (Fsp3) is 0.250. The average molecular weight is 397 g/mol. The van der Waals surface area contributed by atoms with E-state index in [1.807, 2.05) is 0 Å². The molecule has 0 bridgehead atoms. The van der Waals surface area contributed by atoms with Crippen LogP contribution in [0.5, 0.6) is 11.8 Å². The summed E-state index contributed by atoms with van der Waals surface area (Å²) in [6.45, 7) is 6.54. The Hall–Kier alpha value is -3.62. The van der Waals surface area contributed by atoms with Gasteiger partial charge in [-0.15, -0.1) is 0 Å². The molecule has 0 saturated heterocycles. The Balaban J connectivity index is 1.78. The predicted molar refractivity (Wildman–Crippen MR) is 105 cm³/mol. The van der Waals surface area contributed by atoms with Crippen LogP contribution in [-0.2, 0) is 11.3 Å². The number of hydrogen-bond donors (Lipinski definition) is 1. The van der Waals surface area contributed by atoms with E-state index in [4.69, 9.17) is 4.74 Å². The van der Waals surface area contributed by atoms with Gasteiger partial charge in [-0.05, 0) is 39.8 Å². The van der Waals surface area contributed by atoms with Gasteiger partial charge in [-0.3, -0.25) is 14.2 Å². The van der Waals surface area contributed by atoms with Crippen LogP contribution in [0.15, 0.2) is 35.4 Å². The van der Waals surface area contributed by atoms with Crippen molar-refractivity contribution in [2.45, 2.75) is 34.2 Å². The molecule has 0 unspecified atom stereocenters. The van der Waals surface area contributed by atoms with Crippen molar-refractivity contribution in [3.05, 3.63) is 69.4 Å². The van der Waals surface area contributed by atoms with Gasteiger partial charge >= 0.3 is 6.01 Å². The zero-order valence-electron chi connectivity index (χ0n) is 16.5. The van der Waals surface area contributed by atoms with Crippen LogP contribution in [-0.4, -0.2) is 25.4 Å². The van der Waals surface area contributed by atoms with E-state index in [2.05, 4.69) is 20.3 Å². The van der Waals surface area contributed by atoms with E-state index >= 15 is 0 Å². The number of benzene rings is 1. The predicted octanol–water partition coefficient (Wildman–Crippen LogP) is 2.84. The molecule has 0 aliphatic carbocycles. The van der Waals surface area contributed by atoms with E-state index < -0.39 is 11.7 Å². The van der Waals surface area contributed by atoms with Crippen LogP contribution in [0.4, 0.5) is 10.1 Å². The van der Waals surface area contributed by atoms with Crippen molar-refractivity contribution < 1.29 is 13.9 Å². The van der Waals surface area contributed by atoms with E-state index in [0.29, 0.717) is 28.3 Å². The number of rotatable bonds is 5. The molecule has 2 heterocycles. The van der Waals surface area contributed by atoms with Crippen molar-refractivity contribution >= 4 is 11.6 Å². The molecule has 3 rings (SSSR count). The second-order valence-corrected chi connectivity index (χ2v) is 6.52. The molecule has 0 saturated carbocycles. The summed E-state index contributed by atoms with van der Waals surface area (Å²) in [5, 5.41) is 2.71. The summed E-state index contributed by atoms with van der Waals surface area (Å²) in [4.78, 5) is 37.1. The molecule has 0 fully saturated rings. The quantitative estimate of drug-likeness (QED) is 0.711. The Morgan fingerprint density at radius 1 is 1.10 bits per heavy atom. The molecule has 1 aromatic carbocycles. The SMILES string of the molecule is Cc1nc(Oc2ccccc2F)nc(C)c1NC(=O)Cn1cnc(C)c(C)c1=O. The molecule has 9 heteroatoms. The van der Waals surface area contributed by atoms with Crippen LogP contribution in [0.3, 0.4) is 0 Å². The van der Waals surface area contributed by atoms with Crippen molar-refractivity contribution in [1.82, 2.24) is 19.5 Å². The highest BCUT2D eigenvalue weighted by Gasteiger charge is 2.15. The Morgan fingerprint density at radius 3 is 2.41 bits per heavy atom. The third kappa shape index (κ3) is 4.45. The van der Waals surface area contributed by atoms with Crippen molar-refractivity contribution in [3.8, 4) is 11.8 Å². The first-order valence-electron chi connectivity index (χ1n) is 8.86. The van der Waals surface area contributed by atoms with Gasteiger partial charge in [-0.1, -0.05) is 12.1 Å². The Morgan fingerprint density at radius 2 is 1.76 bits per heavy atom. The first-order valence-corrected chi connectivity index (χ1v) is 8.86. The molecular formula is C20H20FN5O3. The van der Waals surface area contributed by atoms with Crippen molar-refractivity contribution in [2.75, 3.05) is 5.32 Å². The fourth-order valence-electron chi connectivity index (χ4n) is 2.66. The smallest absolute Gasteiger partial charge is 0.322 e. The zero-order chi connectivity index (χ0) is 21.1. The first-order chi connectivity index (χ1) is 13.8. The molecule has 2 aromatic heterocycles. The fourth-order valence-corrected chi connectivity index (χ4v) is 2.66. The van der Waals surface area contributed by atoms with E-state index in [-0.39, 0.29) is 23.9 Å². The van der Waals surface area contributed by atoms with Gasteiger partial charge < -0.3 is 10.1 Å². The van der Waals surface area contributed by atoms with Crippen LogP contribution in [0, 0.1) is 33.5 Å². The summed E-state index contributed by atoms with van der Waals surface area (Å²) in [5.41, 5.74) is 2.14.